The summed E-state index contributed by atoms with van der Waals surface area (Å²) in [4.78, 5) is 9.84. The van der Waals surface area contributed by atoms with Crippen LogP contribution < -0.4 is 0 Å². The van der Waals surface area contributed by atoms with Crippen LogP contribution >= 0.6 is 47.8 Å². The molecule has 1 rings (SSSR count). The number of hydrogen-bond donors (Lipinski definition) is 1. The van der Waals surface area contributed by atoms with Crippen molar-refractivity contribution < 1.29 is 9.90 Å². The van der Waals surface area contributed by atoms with Gasteiger partial charge in [-0.15, -0.1) is 0 Å². The molecule has 76 valence electrons. The zero-order valence-electron chi connectivity index (χ0n) is 6.95. The number of halogens is 3. The molecule has 0 aromatic heterocycles. The summed E-state index contributed by atoms with van der Waals surface area (Å²) in [5, 5.41) is 8.81. The van der Waals surface area contributed by atoms with E-state index in [1.165, 1.54) is 0 Å². The summed E-state index contributed by atoms with van der Waals surface area (Å²) in [6.45, 7) is 0. The molecule has 0 aliphatic rings. The number of rotatable bonds is 3. The first-order valence-corrected chi connectivity index (χ1v) is 6.42. The second kappa shape index (κ2) is 5.28. The van der Waals surface area contributed by atoms with Crippen molar-refractivity contribution in [2.45, 2.75) is 9.65 Å². The molecule has 14 heavy (non-hydrogen) atoms. The summed E-state index contributed by atoms with van der Waals surface area (Å²) in [5.74, 6) is -0.886. The molecule has 1 aromatic rings. The van der Waals surface area contributed by atoms with Crippen LogP contribution in [0.3, 0.4) is 0 Å². The van der Waals surface area contributed by atoms with Crippen LogP contribution in [-0.2, 0) is 4.79 Å². The normalized spacial score (nSPS) is 14.8. The summed E-state index contributed by atoms with van der Waals surface area (Å²) in [7, 11) is 0. The molecular weight excluding hydrogens is 380 g/mol. The van der Waals surface area contributed by atoms with Gasteiger partial charge in [-0.25, -0.2) is 0 Å². The second-order valence-corrected chi connectivity index (χ2v) is 5.49. The van der Waals surface area contributed by atoms with Gasteiger partial charge in [0.25, 0.3) is 0 Å². The van der Waals surface area contributed by atoms with Crippen LogP contribution in [0, 0.1) is 0 Å². The van der Waals surface area contributed by atoms with Gasteiger partial charge in [0.05, 0.1) is 4.83 Å². The van der Waals surface area contributed by atoms with E-state index in [1.807, 2.05) is 24.3 Å². The predicted octanol–water partition coefficient (Wildman–Crippen LogP) is 3.73. The molecule has 0 saturated heterocycles. The van der Waals surface area contributed by atoms with E-state index in [4.69, 9.17) is 5.11 Å². The van der Waals surface area contributed by atoms with E-state index in [0.29, 0.717) is 0 Å². The molecule has 0 saturated carbocycles. The van der Waals surface area contributed by atoms with Gasteiger partial charge in [-0.05, 0) is 11.6 Å². The molecule has 0 heterocycles. The third kappa shape index (κ3) is 2.81. The average molecular weight is 387 g/mol. The fraction of sp³-hybridized carbons (Fsp3) is 0.222. The van der Waals surface area contributed by atoms with Crippen LogP contribution in [0.5, 0.6) is 0 Å². The number of aliphatic carboxylic acids is 1. The lowest BCUT2D eigenvalue weighted by atomic mass is 10.1. The summed E-state index contributed by atoms with van der Waals surface area (Å²) in [6.07, 6.45) is 0. The van der Waals surface area contributed by atoms with Crippen LogP contribution in [0.25, 0.3) is 0 Å². The van der Waals surface area contributed by atoms with Gasteiger partial charge in [-0.1, -0.05) is 66.0 Å². The maximum atomic E-state index is 10.7. The van der Waals surface area contributed by atoms with E-state index in [1.54, 1.807) is 0 Å². The predicted molar refractivity (Wildman–Crippen MR) is 66.2 cm³/mol. The van der Waals surface area contributed by atoms with Crippen molar-refractivity contribution >= 4 is 53.8 Å². The number of alkyl halides is 2. The molecule has 0 unspecified atom stereocenters. The van der Waals surface area contributed by atoms with E-state index >= 15 is 0 Å². The molecule has 0 radical (unpaired) electrons. The maximum absolute atomic E-state index is 10.7. The van der Waals surface area contributed by atoms with Gasteiger partial charge in [-0.3, -0.25) is 4.79 Å². The van der Waals surface area contributed by atoms with Crippen molar-refractivity contribution in [1.82, 2.24) is 0 Å². The van der Waals surface area contributed by atoms with Crippen LogP contribution in [0.1, 0.15) is 10.4 Å². The minimum Gasteiger partial charge on any atom is -0.480 e. The summed E-state index contributed by atoms with van der Waals surface area (Å²) in [5.41, 5.74) is 0.914. The highest BCUT2D eigenvalue weighted by Crippen LogP contribution is 2.35. The van der Waals surface area contributed by atoms with Gasteiger partial charge in [0, 0.05) is 4.47 Å². The zero-order chi connectivity index (χ0) is 10.7. The fourth-order valence-electron chi connectivity index (χ4n) is 0.982. The Morgan fingerprint density at radius 3 is 2.36 bits per heavy atom. The Kier molecular flexibility index (Phi) is 4.60. The molecule has 0 aliphatic heterocycles. The van der Waals surface area contributed by atoms with Gasteiger partial charge in [0.15, 0.2) is 0 Å². The third-order valence-electron chi connectivity index (χ3n) is 1.70. The van der Waals surface area contributed by atoms with E-state index in [0.717, 1.165) is 10.0 Å². The summed E-state index contributed by atoms with van der Waals surface area (Å²) < 4.78 is 0.896. The molecule has 2 atom stereocenters. The number of hydrogen-bond acceptors (Lipinski definition) is 1. The fourth-order valence-corrected chi connectivity index (χ4v) is 2.73. The first-order valence-electron chi connectivity index (χ1n) is 3.79. The number of benzene rings is 1. The largest absolute Gasteiger partial charge is 0.480 e. The molecule has 0 bridgehead atoms. The number of carbonyl (C=O) groups is 1. The van der Waals surface area contributed by atoms with Gasteiger partial charge in [-0.2, -0.15) is 0 Å². The molecule has 1 aromatic carbocycles. The second-order valence-electron chi connectivity index (χ2n) is 2.66. The van der Waals surface area contributed by atoms with Crippen LogP contribution in [0.4, 0.5) is 0 Å². The number of carboxylic acid groups (broad SMARTS) is 1. The molecule has 0 amide bonds. The van der Waals surface area contributed by atoms with E-state index < -0.39 is 10.8 Å². The first-order chi connectivity index (χ1) is 6.54. The van der Waals surface area contributed by atoms with Crippen molar-refractivity contribution in [1.29, 1.82) is 0 Å². The minimum atomic E-state index is -0.886. The van der Waals surface area contributed by atoms with E-state index in [2.05, 4.69) is 47.8 Å². The lowest BCUT2D eigenvalue weighted by Gasteiger charge is -2.14. The molecule has 0 spiro atoms. The Balaban J connectivity index is 2.94. The van der Waals surface area contributed by atoms with Gasteiger partial charge in [0.1, 0.15) is 4.83 Å². The van der Waals surface area contributed by atoms with Crippen molar-refractivity contribution in [3.8, 4) is 0 Å². The Labute approximate surface area is 107 Å². The summed E-state index contributed by atoms with van der Waals surface area (Å²) >= 11 is 9.83. The lowest BCUT2D eigenvalue weighted by molar-refractivity contribution is -0.136. The van der Waals surface area contributed by atoms with Crippen molar-refractivity contribution in [2.24, 2.45) is 0 Å². The van der Waals surface area contributed by atoms with Gasteiger partial charge >= 0.3 is 5.97 Å². The Morgan fingerprint density at radius 1 is 1.29 bits per heavy atom. The number of carboxylic acids is 1. The molecule has 5 heteroatoms. The molecule has 1 N–H and O–H groups in total. The van der Waals surface area contributed by atoms with E-state index in [9.17, 15) is 4.79 Å². The SMILES string of the molecule is O=C(O)[C@H](Br)[C@H](Br)c1ccccc1Br. The average Bonchev–Trinajstić information content (AvgIpc) is 2.16. The smallest absolute Gasteiger partial charge is 0.318 e. The topological polar surface area (TPSA) is 37.3 Å². The summed E-state index contributed by atoms with van der Waals surface area (Å²) in [6, 6.07) is 7.51. The van der Waals surface area contributed by atoms with Crippen LogP contribution in [0.2, 0.25) is 0 Å². The Bertz CT molecular complexity index is 341. The lowest BCUT2D eigenvalue weighted by Crippen LogP contribution is -2.18. The molecular formula is C9H7Br3O2. The Morgan fingerprint density at radius 2 is 1.86 bits per heavy atom. The molecule has 0 fully saturated rings. The molecule has 0 aliphatic carbocycles. The van der Waals surface area contributed by atoms with Crippen molar-refractivity contribution in [3.05, 3.63) is 34.3 Å². The minimum absolute atomic E-state index is 0.254. The van der Waals surface area contributed by atoms with E-state index in [-0.39, 0.29) is 4.83 Å². The quantitative estimate of drug-likeness (QED) is 0.804. The van der Waals surface area contributed by atoms with Crippen molar-refractivity contribution in [2.75, 3.05) is 0 Å². The monoisotopic (exact) mass is 384 g/mol. The zero-order valence-corrected chi connectivity index (χ0v) is 11.7. The Hall–Kier alpha value is 0.130. The highest BCUT2D eigenvalue weighted by Gasteiger charge is 2.25. The van der Waals surface area contributed by atoms with Crippen molar-refractivity contribution in [3.63, 3.8) is 0 Å². The highest BCUT2D eigenvalue weighted by molar-refractivity contribution is 9.12. The third-order valence-corrected chi connectivity index (χ3v) is 5.07. The first kappa shape index (κ1) is 12.2. The maximum Gasteiger partial charge on any atom is 0.318 e. The van der Waals surface area contributed by atoms with Crippen LogP contribution in [-0.4, -0.2) is 15.9 Å². The van der Waals surface area contributed by atoms with Gasteiger partial charge in [0.2, 0.25) is 0 Å². The highest BCUT2D eigenvalue weighted by atomic mass is 79.9. The van der Waals surface area contributed by atoms with Crippen LogP contribution in [0.15, 0.2) is 28.7 Å². The molecule has 2 nitrogen and oxygen atoms in total. The van der Waals surface area contributed by atoms with Gasteiger partial charge < -0.3 is 5.11 Å². The standard InChI is InChI=1S/C9H7Br3O2/c10-6-4-2-1-3-5(6)7(11)8(12)9(13)14/h1-4,7-8H,(H,13,14)/t7-,8-/m1/s1.